The number of fused-ring (bicyclic) bond motifs is 2. The molecular formula is C21H14ClN3O4. The molecule has 29 heavy (non-hydrogen) atoms. The van der Waals surface area contributed by atoms with Gasteiger partial charge in [0.1, 0.15) is 13.2 Å². The Labute approximate surface area is 170 Å². The minimum Gasteiger partial charge on any atom is -0.486 e. The van der Waals surface area contributed by atoms with E-state index < -0.39 is 0 Å². The summed E-state index contributed by atoms with van der Waals surface area (Å²) in [6.45, 7) is 0.942. The van der Waals surface area contributed by atoms with Crippen LogP contribution in [0.15, 0.2) is 59.1 Å². The highest BCUT2D eigenvalue weighted by atomic mass is 35.5. The standard InChI is InChI=1S/C21H14ClN3O4/c22-14-5-3-13(21-25-19-17(29-21)2-1-7-23-19)10-15(14)24-20(26)12-4-6-16-18(11-12)28-9-8-27-16/h1-7,10-11H,8-9H2,(H,24,26). The van der Waals surface area contributed by atoms with E-state index in [0.717, 1.165) is 0 Å². The van der Waals surface area contributed by atoms with Crippen molar-refractivity contribution in [1.82, 2.24) is 9.97 Å². The Hall–Kier alpha value is -3.58. The molecule has 0 saturated heterocycles. The second-order valence-corrected chi connectivity index (χ2v) is 6.76. The second kappa shape index (κ2) is 7.10. The quantitative estimate of drug-likeness (QED) is 0.535. The Morgan fingerprint density at radius 3 is 2.76 bits per heavy atom. The first-order valence-electron chi connectivity index (χ1n) is 8.90. The van der Waals surface area contributed by atoms with Gasteiger partial charge in [0, 0.05) is 17.3 Å². The maximum Gasteiger partial charge on any atom is 0.255 e. The summed E-state index contributed by atoms with van der Waals surface area (Å²) in [7, 11) is 0. The SMILES string of the molecule is O=C(Nc1cc(-c2nc3ncccc3o2)ccc1Cl)c1ccc2c(c1)OCCO2. The Morgan fingerprint density at radius 1 is 1.03 bits per heavy atom. The molecule has 0 radical (unpaired) electrons. The first kappa shape index (κ1) is 17.5. The third-order valence-electron chi connectivity index (χ3n) is 4.43. The number of hydrogen-bond donors (Lipinski definition) is 1. The zero-order chi connectivity index (χ0) is 19.8. The van der Waals surface area contributed by atoms with E-state index in [9.17, 15) is 4.79 Å². The van der Waals surface area contributed by atoms with Crippen LogP contribution in [0.2, 0.25) is 5.02 Å². The van der Waals surface area contributed by atoms with E-state index in [-0.39, 0.29) is 5.91 Å². The van der Waals surface area contributed by atoms with Gasteiger partial charge in [-0.3, -0.25) is 4.79 Å². The number of oxazole rings is 1. The number of carbonyl (C=O) groups is 1. The van der Waals surface area contributed by atoms with Gasteiger partial charge in [-0.15, -0.1) is 0 Å². The maximum atomic E-state index is 12.7. The molecule has 0 aliphatic carbocycles. The van der Waals surface area contributed by atoms with Crippen molar-refractivity contribution in [3.8, 4) is 23.0 Å². The number of halogens is 1. The number of hydrogen-bond acceptors (Lipinski definition) is 6. The van der Waals surface area contributed by atoms with Crippen LogP contribution in [0.4, 0.5) is 5.69 Å². The summed E-state index contributed by atoms with van der Waals surface area (Å²) in [4.78, 5) is 21.3. The molecular weight excluding hydrogens is 394 g/mol. The lowest BCUT2D eigenvalue weighted by Gasteiger charge is -2.18. The van der Waals surface area contributed by atoms with E-state index >= 15 is 0 Å². The normalized spacial score (nSPS) is 12.7. The van der Waals surface area contributed by atoms with Crippen LogP contribution in [0, 0.1) is 0 Å². The summed E-state index contributed by atoms with van der Waals surface area (Å²) >= 11 is 6.29. The first-order valence-corrected chi connectivity index (χ1v) is 9.28. The van der Waals surface area contributed by atoms with Gasteiger partial charge in [0.05, 0.1) is 10.7 Å². The minimum absolute atomic E-state index is 0.319. The molecule has 1 aliphatic heterocycles. The van der Waals surface area contributed by atoms with Gasteiger partial charge in [-0.05, 0) is 48.5 Å². The molecule has 7 nitrogen and oxygen atoms in total. The number of nitrogens with one attached hydrogen (secondary N) is 1. The summed E-state index contributed by atoms with van der Waals surface area (Å²) < 4.78 is 16.8. The lowest BCUT2D eigenvalue weighted by molar-refractivity contribution is 0.102. The number of pyridine rings is 1. The molecule has 1 amide bonds. The van der Waals surface area contributed by atoms with Gasteiger partial charge < -0.3 is 19.2 Å². The van der Waals surface area contributed by atoms with E-state index in [2.05, 4.69) is 15.3 Å². The van der Waals surface area contributed by atoms with E-state index in [1.807, 2.05) is 0 Å². The lowest BCUT2D eigenvalue weighted by Crippen LogP contribution is -2.17. The molecule has 0 unspecified atom stereocenters. The molecule has 8 heteroatoms. The van der Waals surface area contributed by atoms with Gasteiger partial charge in [-0.2, -0.15) is 4.98 Å². The predicted octanol–water partition coefficient (Wildman–Crippen LogP) is 4.57. The maximum absolute atomic E-state index is 12.7. The monoisotopic (exact) mass is 407 g/mol. The van der Waals surface area contributed by atoms with Crippen LogP contribution in [0.3, 0.4) is 0 Å². The van der Waals surface area contributed by atoms with Crippen LogP contribution in [0.25, 0.3) is 22.7 Å². The van der Waals surface area contributed by atoms with Crippen molar-refractivity contribution < 1.29 is 18.7 Å². The van der Waals surface area contributed by atoms with Crippen LogP contribution >= 0.6 is 11.6 Å². The summed E-state index contributed by atoms with van der Waals surface area (Å²) in [6.07, 6.45) is 1.65. The molecule has 0 bridgehead atoms. The van der Waals surface area contributed by atoms with Crippen molar-refractivity contribution in [3.05, 3.63) is 65.3 Å². The summed E-state index contributed by atoms with van der Waals surface area (Å²) in [5, 5.41) is 3.22. The van der Waals surface area contributed by atoms with E-state index in [4.69, 9.17) is 25.5 Å². The molecule has 144 valence electrons. The average Bonchev–Trinajstić information content (AvgIpc) is 3.19. The fraction of sp³-hybridized carbons (Fsp3) is 0.0952. The van der Waals surface area contributed by atoms with Crippen LogP contribution in [-0.2, 0) is 0 Å². The smallest absolute Gasteiger partial charge is 0.255 e. The van der Waals surface area contributed by atoms with E-state index in [1.54, 1.807) is 54.7 Å². The lowest BCUT2D eigenvalue weighted by atomic mass is 10.1. The molecule has 0 spiro atoms. The van der Waals surface area contributed by atoms with Gasteiger partial charge >= 0.3 is 0 Å². The Morgan fingerprint density at radius 2 is 1.90 bits per heavy atom. The topological polar surface area (TPSA) is 86.5 Å². The van der Waals surface area contributed by atoms with Gasteiger partial charge in [0.2, 0.25) is 5.89 Å². The Bertz CT molecular complexity index is 1200. The molecule has 5 rings (SSSR count). The summed E-state index contributed by atoms with van der Waals surface area (Å²) in [5.74, 6) is 1.24. The van der Waals surface area contributed by atoms with Gasteiger partial charge in [0.25, 0.3) is 5.91 Å². The average molecular weight is 408 g/mol. The highest BCUT2D eigenvalue weighted by molar-refractivity contribution is 6.34. The van der Waals surface area contributed by atoms with Crippen molar-refractivity contribution in [2.75, 3.05) is 18.5 Å². The summed E-state index contributed by atoms with van der Waals surface area (Å²) in [5.41, 5.74) is 2.64. The molecule has 2 aromatic heterocycles. The largest absolute Gasteiger partial charge is 0.486 e. The number of amides is 1. The van der Waals surface area contributed by atoms with Crippen molar-refractivity contribution in [2.24, 2.45) is 0 Å². The number of rotatable bonds is 3. The van der Waals surface area contributed by atoms with Crippen LogP contribution < -0.4 is 14.8 Å². The molecule has 0 fully saturated rings. The first-order chi connectivity index (χ1) is 14.2. The number of aromatic nitrogens is 2. The zero-order valence-electron chi connectivity index (χ0n) is 15.0. The Balaban J connectivity index is 1.43. The Kier molecular flexibility index (Phi) is 4.29. The fourth-order valence-corrected chi connectivity index (χ4v) is 3.19. The minimum atomic E-state index is -0.319. The summed E-state index contributed by atoms with van der Waals surface area (Å²) in [6, 6.07) is 13.8. The zero-order valence-corrected chi connectivity index (χ0v) is 15.8. The number of ether oxygens (including phenoxy) is 2. The number of carbonyl (C=O) groups excluding carboxylic acids is 1. The van der Waals surface area contributed by atoms with Crippen molar-refractivity contribution in [1.29, 1.82) is 0 Å². The predicted molar refractivity (Wildman–Crippen MR) is 108 cm³/mol. The van der Waals surface area contributed by atoms with Crippen LogP contribution in [-0.4, -0.2) is 29.1 Å². The number of nitrogens with zero attached hydrogens (tertiary/aromatic N) is 2. The highest BCUT2D eigenvalue weighted by Crippen LogP contribution is 2.33. The van der Waals surface area contributed by atoms with Crippen molar-refractivity contribution >= 4 is 34.4 Å². The fourth-order valence-electron chi connectivity index (χ4n) is 3.03. The van der Waals surface area contributed by atoms with Crippen molar-refractivity contribution in [2.45, 2.75) is 0 Å². The van der Waals surface area contributed by atoms with Gasteiger partial charge in [-0.25, -0.2) is 4.98 Å². The molecule has 0 saturated carbocycles. The second-order valence-electron chi connectivity index (χ2n) is 6.35. The molecule has 0 atom stereocenters. The van der Waals surface area contributed by atoms with Gasteiger partial charge in [0.15, 0.2) is 22.7 Å². The third kappa shape index (κ3) is 3.36. The number of anilines is 1. The van der Waals surface area contributed by atoms with E-state index in [1.165, 1.54) is 0 Å². The van der Waals surface area contributed by atoms with Gasteiger partial charge in [-0.1, -0.05) is 11.6 Å². The molecule has 4 aromatic rings. The molecule has 1 N–H and O–H groups in total. The molecule has 1 aliphatic rings. The molecule has 3 heterocycles. The van der Waals surface area contributed by atoms with E-state index in [0.29, 0.717) is 63.7 Å². The van der Waals surface area contributed by atoms with Crippen LogP contribution in [0.5, 0.6) is 11.5 Å². The highest BCUT2D eigenvalue weighted by Gasteiger charge is 2.17. The third-order valence-corrected chi connectivity index (χ3v) is 4.76. The number of benzene rings is 2. The van der Waals surface area contributed by atoms with Crippen molar-refractivity contribution in [3.63, 3.8) is 0 Å². The van der Waals surface area contributed by atoms with Crippen LogP contribution in [0.1, 0.15) is 10.4 Å². The molecule has 2 aromatic carbocycles.